The Bertz CT molecular complexity index is 678. The second-order valence-corrected chi connectivity index (χ2v) is 5.05. The van der Waals surface area contributed by atoms with E-state index in [-0.39, 0.29) is 12.1 Å². The fraction of sp³-hybridized carbons (Fsp3) is 0.294. The molecular weight excluding hydrogens is 298 g/mol. The summed E-state index contributed by atoms with van der Waals surface area (Å²) in [5.41, 5.74) is 1.19. The Balaban J connectivity index is 1.96. The van der Waals surface area contributed by atoms with Crippen molar-refractivity contribution in [1.29, 1.82) is 0 Å². The first-order chi connectivity index (χ1) is 11.0. The zero-order valence-electron chi connectivity index (χ0n) is 13.3. The molecule has 0 aliphatic rings. The number of hydrogen-bond acceptors (Lipinski definition) is 5. The Labute approximate surface area is 134 Å². The zero-order valence-corrected chi connectivity index (χ0v) is 13.3. The van der Waals surface area contributed by atoms with Crippen LogP contribution in [0.5, 0.6) is 5.75 Å². The quantitative estimate of drug-likeness (QED) is 0.828. The van der Waals surface area contributed by atoms with Crippen LogP contribution in [0.15, 0.2) is 41.0 Å². The van der Waals surface area contributed by atoms with E-state index >= 15 is 0 Å². The molecule has 1 N–H and O–H groups in total. The van der Waals surface area contributed by atoms with Crippen LogP contribution in [0.3, 0.4) is 0 Å². The van der Waals surface area contributed by atoms with E-state index in [9.17, 15) is 9.59 Å². The summed E-state index contributed by atoms with van der Waals surface area (Å²) in [6, 6.07) is 8.65. The van der Waals surface area contributed by atoms with E-state index in [4.69, 9.17) is 13.9 Å². The molecule has 0 aliphatic heterocycles. The summed E-state index contributed by atoms with van der Waals surface area (Å²) in [6.07, 6.45) is 0.595. The fourth-order valence-electron chi connectivity index (χ4n) is 1.99. The first kappa shape index (κ1) is 16.6. The third kappa shape index (κ3) is 4.35. The summed E-state index contributed by atoms with van der Waals surface area (Å²) >= 11 is 0. The highest BCUT2D eigenvalue weighted by Crippen LogP contribution is 2.21. The molecule has 0 unspecified atom stereocenters. The Kier molecular flexibility index (Phi) is 5.41. The molecule has 2 rings (SSSR count). The number of amides is 1. The monoisotopic (exact) mass is 317 g/mol. The predicted octanol–water partition coefficient (Wildman–Crippen LogP) is 2.46. The van der Waals surface area contributed by atoms with Gasteiger partial charge in [-0.1, -0.05) is 11.6 Å². The molecule has 23 heavy (non-hydrogen) atoms. The third-order valence-electron chi connectivity index (χ3n) is 3.24. The molecule has 0 bridgehead atoms. The van der Waals surface area contributed by atoms with Crippen molar-refractivity contribution < 1.29 is 23.5 Å². The first-order valence-corrected chi connectivity index (χ1v) is 7.17. The molecule has 0 fully saturated rings. The number of rotatable bonds is 6. The molecule has 6 heteroatoms. The van der Waals surface area contributed by atoms with Crippen molar-refractivity contribution >= 4 is 11.9 Å². The molecule has 6 nitrogen and oxygen atoms in total. The molecule has 0 saturated carbocycles. The van der Waals surface area contributed by atoms with Gasteiger partial charge in [-0.3, -0.25) is 4.79 Å². The van der Waals surface area contributed by atoms with Crippen LogP contribution in [-0.2, 0) is 16.1 Å². The molecule has 1 amide bonds. The van der Waals surface area contributed by atoms with Crippen LogP contribution in [0.2, 0.25) is 0 Å². The Morgan fingerprint density at radius 3 is 2.74 bits per heavy atom. The van der Waals surface area contributed by atoms with Crippen molar-refractivity contribution in [2.24, 2.45) is 0 Å². The highest BCUT2D eigenvalue weighted by Gasteiger charge is 2.21. The number of hydrogen-bond donors (Lipinski definition) is 1. The molecular formula is C17H19NO5. The van der Waals surface area contributed by atoms with Crippen molar-refractivity contribution in [2.75, 3.05) is 7.11 Å². The van der Waals surface area contributed by atoms with Crippen molar-refractivity contribution in [3.63, 3.8) is 0 Å². The molecule has 122 valence electrons. The fourth-order valence-corrected chi connectivity index (χ4v) is 1.99. The topological polar surface area (TPSA) is 77.8 Å². The first-order valence-electron chi connectivity index (χ1n) is 7.17. The maximum atomic E-state index is 12.2. The summed E-state index contributed by atoms with van der Waals surface area (Å²) in [4.78, 5) is 24.2. The summed E-state index contributed by atoms with van der Waals surface area (Å²) in [7, 11) is 1.47. The molecule has 1 heterocycles. The van der Waals surface area contributed by atoms with Gasteiger partial charge >= 0.3 is 5.97 Å². The van der Waals surface area contributed by atoms with Crippen LogP contribution in [0.25, 0.3) is 0 Å². The highest BCUT2D eigenvalue weighted by molar-refractivity contribution is 5.94. The molecule has 0 aliphatic carbocycles. The van der Waals surface area contributed by atoms with E-state index in [1.54, 1.807) is 24.3 Å². The minimum atomic E-state index is -0.928. The number of nitrogens with one attached hydrogen (secondary N) is 1. The smallest absolute Gasteiger partial charge is 0.342 e. The molecule has 1 atom stereocenters. The largest absolute Gasteiger partial charge is 0.496 e. The Morgan fingerprint density at radius 2 is 2.09 bits per heavy atom. The van der Waals surface area contributed by atoms with E-state index in [1.165, 1.54) is 20.3 Å². The second-order valence-electron chi connectivity index (χ2n) is 5.05. The molecule has 1 aromatic carbocycles. The number of furan rings is 1. The SMILES string of the molecule is COc1ccc(C)cc1C(=O)O[C@H](C)C(=O)NCc1ccco1. The van der Waals surface area contributed by atoms with Gasteiger partial charge in [0.2, 0.25) is 0 Å². The maximum absolute atomic E-state index is 12.2. The normalized spacial score (nSPS) is 11.6. The minimum absolute atomic E-state index is 0.238. The highest BCUT2D eigenvalue weighted by atomic mass is 16.5. The summed E-state index contributed by atoms with van der Waals surface area (Å²) < 4.78 is 15.5. The lowest BCUT2D eigenvalue weighted by molar-refractivity contribution is -0.129. The number of benzene rings is 1. The van der Waals surface area contributed by atoms with Crippen LogP contribution in [0, 0.1) is 6.92 Å². The number of methoxy groups -OCH3 is 1. The van der Waals surface area contributed by atoms with Gasteiger partial charge in [0.1, 0.15) is 17.1 Å². The number of ether oxygens (including phenoxy) is 2. The second kappa shape index (κ2) is 7.49. The molecule has 0 radical (unpaired) electrons. The van der Waals surface area contributed by atoms with E-state index in [0.29, 0.717) is 11.5 Å². The maximum Gasteiger partial charge on any atom is 0.342 e. The van der Waals surface area contributed by atoms with Gasteiger partial charge in [0, 0.05) is 0 Å². The van der Waals surface area contributed by atoms with Gasteiger partial charge in [-0.15, -0.1) is 0 Å². The molecule has 2 aromatic rings. The third-order valence-corrected chi connectivity index (χ3v) is 3.24. The minimum Gasteiger partial charge on any atom is -0.496 e. The van der Waals surface area contributed by atoms with Gasteiger partial charge in [-0.2, -0.15) is 0 Å². The summed E-state index contributed by atoms with van der Waals surface area (Å²) in [5.74, 6) is 0.0218. The van der Waals surface area contributed by atoms with Gasteiger partial charge in [0.15, 0.2) is 6.10 Å². The summed E-state index contributed by atoms with van der Waals surface area (Å²) in [5, 5.41) is 2.64. The molecule has 0 saturated heterocycles. The average molecular weight is 317 g/mol. The van der Waals surface area contributed by atoms with Crippen molar-refractivity contribution in [2.45, 2.75) is 26.5 Å². The number of carbonyl (C=O) groups excluding carboxylic acids is 2. The Hall–Kier alpha value is -2.76. The van der Waals surface area contributed by atoms with E-state index in [1.807, 2.05) is 13.0 Å². The standard InChI is InChI=1S/C17H19NO5/c1-11-6-7-15(21-3)14(9-11)17(20)23-12(2)16(19)18-10-13-5-4-8-22-13/h4-9,12H,10H2,1-3H3,(H,18,19)/t12-/m1/s1. The van der Waals surface area contributed by atoms with Gasteiger partial charge in [-0.05, 0) is 38.1 Å². The van der Waals surface area contributed by atoms with Gasteiger partial charge in [-0.25, -0.2) is 4.79 Å². The van der Waals surface area contributed by atoms with Crippen LogP contribution in [0.4, 0.5) is 0 Å². The number of aryl methyl sites for hydroxylation is 1. The van der Waals surface area contributed by atoms with Crippen LogP contribution >= 0.6 is 0 Å². The average Bonchev–Trinajstić information content (AvgIpc) is 3.05. The molecule has 0 spiro atoms. The van der Waals surface area contributed by atoms with Crippen molar-refractivity contribution in [1.82, 2.24) is 5.32 Å². The molecule has 1 aromatic heterocycles. The van der Waals surface area contributed by atoms with Crippen LogP contribution in [0.1, 0.15) is 28.6 Å². The lowest BCUT2D eigenvalue weighted by atomic mass is 10.1. The Morgan fingerprint density at radius 1 is 1.30 bits per heavy atom. The summed E-state index contributed by atoms with van der Waals surface area (Å²) in [6.45, 7) is 3.61. The lowest BCUT2D eigenvalue weighted by Gasteiger charge is -2.14. The number of esters is 1. The predicted molar refractivity (Wildman–Crippen MR) is 83.2 cm³/mol. The zero-order chi connectivity index (χ0) is 16.8. The van der Waals surface area contributed by atoms with Crippen LogP contribution in [-0.4, -0.2) is 25.1 Å². The van der Waals surface area contributed by atoms with Crippen LogP contribution < -0.4 is 10.1 Å². The van der Waals surface area contributed by atoms with E-state index < -0.39 is 18.0 Å². The van der Waals surface area contributed by atoms with Crippen molar-refractivity contribution in [3.05, 3.63) is 53.5 Å². The van der Waals surface area contributed by atoms with Gasteiger partial charge < -0.3 is 19.2 Å². The van der Waals surface area contributed by atoms with E-state index in [0.717, 1.165) is 5.56 Å². The van der Waals surface area contributed by atoms with Gasteiger partial charge in [0.05, 0.1) is 19.9 Å². The van der Waals surface area contributed by atoms with Gasteiger partial charge in [0.25, 0.3) is 5.91 Å². The van der Waals surface area contributed by atoms with Crippen molar-refractivity contribution in [3.8, 4) is 5.75 Å². The van der Waals surface area contributed by atoms with E-state index in [2.05, 4.69) is 5.32 Å². The number of carbonyl (C=O) groups is 2. The lowest BCUT2D eigenvalue weighted by Crippen LogP contribution is -2.35.